The largest absolute Gasteiger partial charge is 0.459 e. The van der Waals surface area contributed by atoms with Crippen LogP contribution in [0.5, 0.6) is 0 Å². The smallest absolute Gasteiger partial charge is 0.289 e. The normalized spacial score (nSPS) is 22.5. The van der Waals surface area contributed by atoms with E-state index in [0.717, 1.165) is 19.3 Å². The summed E-state index contributed by atoms with van der Waals surface area (Å²) < 4.78 is 5.11. The molecule has 2 fully saturated rings. The van der Waals surface area contributed by atoms with Crippen molar-refractivity contribution < 1.29 is 14.0 Å². The highest BCUT2D eigenvalue weighted by Gasteiger charge is 2.31. The van der Waals surface area contributed by atoms with Gasteiger partial charge in [-0.05, 0) is 37.3 Å². The highest BCUT2D eigenvalue weighted by Crippen LogP contribution is 2.23. The Hall–Kier alpha value is -1.78. The lowest BCUT2D eigenvalue weighted by molar-refractivity contribution is -0.122. The number of likely N-dealkylation sites (tertiary alicyclic amines) is 1. The van der Waals surface area contributed by atoms with Crippen LogP contribution in [-0.4, -0.2) is 35.8 Å². The highest BCUT2D eigenvalue weighted by atomic mass is 16.3. The van der Waals surface area contributed by atoms with Gasteiger partial charge in [0.15, 0.2) is 5.76 Å². The Morgan fingerprint density at radius 1 is 1.37 bits per heavy atom. The standard InChI is InChI=1S/C14H18N2O3/c17-13(15-11-3-4-11)8-10-5-6-16(9-10)14(18)12-2-1-7-19-12/h1-2,7,10-11H,3-6,8-9H2,(H,15,17). The summed E-state index contributed by atoms with van der Waals surface area (Å²) >= 11 is 0. The van der Waals surface area contributed by atoms with Crippen molar-refractivity contribution in [1.82, 2.24) is 10.2 Å². The van der Waals surface area contributed by atoms with E-state index in [-0.39, 0.29) is 17.7 Å². The molecule has 1 aromatic heterocycles. The minimum Gasteiger partial charge on any atom is -0.459 e. The van der Waals surface area contributed by atoms with Gasteiger partial charge in [0.1, 0.15) is 0 Å². The molecule has 1 aromatic rings. The van der Waals surface area contributed by atoms with Gasteiger partial charge in [-0.25, -0.2) is 0 Å². The van der Waals surface area contributed by atoms with Crippen LogP contribution in [0.3, 0.4) is 0 Å². The molecule has 1 N–H and O–H groups in total. The van der Waals surface area contributed by atoms with Crippen molar-refractivity contribution in [3.63, 3.8) is 0 Å². The van der Waals surface area contributed by atoms with Crippen molar-refractivity contribution >= 4 is 11.8 Å². The summed E-state index contributed by atoms with van der Waals surface area (Å²) in [6, 6.07) is 3.80. The zero-order valence-electron chi connectivity index (χ0n) is 10.8. The predicted octanol–water partition coefficient (Wildman–Crippen LogP) is 1.41. The van der Waals surface area contributed by atoms with Gasteiger partial charge < -0.3 is 14.6 Å². The van der Waals surface area contributed by atoms with Gasteiger partial charge in [-0.15, -0.1) is 0 Å². The number of carbonyl (C=O) groups excluding carboxylic acids is 2. The first-order valence-electron chi connectivity index (χ1n) is 6.84. The Morgan fingerprint density at radius 2 is 2.21 bits per heavy atom. The first-order valence-corrected chi connectivity index (χ1v) is 6.84. The number of nitrogens with zero attached hydrogens (tertiary/aromatic N) is 1. The van der Waals surface area contributed by atoms with Crippen LogP contribution in [0, 0.1) is 5.92 Å². The Bertz CT molecular complexity index is 465. The molecule has 2 heterocycles. The Labute approximate surface area is 111 Å². The van der Waals surface area contributed by atoms with Crippen LogP contribution in [0.2, 0.25) is 0 Å². The van der Waals surface area contributed by atoms with Gasteiger partial charge in [0.25, 0.3) is 5.91 Å². The SMILES string of the molecule is O=C(CC1CCN(C(=O)c2ccco2)C1)NC1CC1. The molecule has 1 saturated carbocycles. The van der Waals surface area contributed by atoms with Gasteiger partial charge in [0.05, 0.1) is 6.26 Å². The number of carbonyl (C=O) groups is 2. The topological polar surface area (TPSA) is 62.6 Å². The lowest BCUT2D eigenvalue weighted by atomic mass is 10.0. The summed E-state index contributed by atoms with van der Waals surface area (Å²) in [7, 11) is 0. The van der Waals surface area contributed by atoms with Crippen LogP contribution < -0.4 is 5.32 Å². The second-order valence-corrected chi connectivity index (χ2v) is 5.43. The third kappa shape index (κ3) is 2.97. The molecule has 1 saturated heterocycles. The molecule has 0 spiro atoms. The third-order valence-electron chi connectivity index (χ3n) is 3.72. The van der Waals surface area contributed by atoms with Crippen molar-refractivity contribution in [2.75, 3.05) is 13.1 Å². The Balaban J connectivity index is 1.49. The average Bonchev–Trinajstić information content (AvgIpc) is 2.90. The van der Waals surface area contributed by atoms with E-state index in [1.54, 1.807) is 17.0 Å². The molecular formula is C14H18N2O3. The van der Waals surface area contributed by atoms with E-state index in [4.69, 9.17) is 4.42 Å². The molecule has 3 rings (SSSR count). The fourth-order valence-electron chi connectivity index (χ4n) is 2.52. The molecule has 0 bridgehead atoms. The Kier molecular flexibility index (Phi) is 3.27. The van der Waals surface area contributed by atoms with E-state index < -0.39 is 0 Å². The zero-order chi connectivity index (χ0) is 13.2. The molecule has 1 unspecified atom stereocenters. The number of rotatable bonds is 4. The summed E-state index contributed by atoms with van der Waals surface area (Å²) in [6.45, 7) is 1.36. The second kappa shape index (κ2) is 5.07. The summed E-state index contributed by atoms with van der Waals surface area (Å²) in [6.07, 6.45) is 5.14. The van der Waals surface area contributed by atoms with Gasteiger partial charge in [-0.1, -0.05) is 0 Å². The van der Waals surface area contributed by atoms with Crippen LogP contribution in [0.15, 0.2) is 22.8 Å². The van der Waals surface area contributed by atoms with E-state index in [2.05, 4.69) is 5.32 Å². The molecule has 0 aromatic carbocycles. The summed E-state index contributed by atoms with van der Waals surface area (Å²) in [5.41, 5.74) is 0. The number of hydrogen-bond acceptors (Lipinski definition) is 3. The molecule has 1 aliphatic heterocycles. The van der Waals surface area contributed by atoms with Gasteiger partial charge in [-0.3, -0.25) is 9.59 Å². The predicted molar refractivity (Wildman–Crippen MR) is 68.5 cm³/mol. The molecule has 5 heteroatoms. The van der Waals surface area contributed by atoms with E-state index in [9.17, 15) is 9.59 Å². The number of hydrogen-bond donors (Lipinski definition) is 1. The molecule has 1 aliphatic carbocycles. The zero-order valence-corrected chi connectivity index (χ0v) is 10.8. The first-order chi connectivity index (χ1) is 9.22. The van der Waals surface area contributed by atoms with Crippen molar-refractivity contribution in [3.8, 4) is 0 Å². The summed E-state index contributed by atoms with van der Waals surface area (Å²) in [5.74, 6) is 0.704. The molecule has 102 valence electrons. The van der Waals surface area contributed by atoms with E-state index in [0.29, 0.717) is 31.3 Å². The lowest BCUT2D eigenvalue weighted by Crippen LogP contribution is -2.30. The van der Waals surface area contributed by atoms with Gasteiger partial charge in [0.2, 0.25) is 5.91 Å². The van der Waals surface area contributed by atoms with Gasteiger partial charge >= 0.3 is 0 Å². The molecule has 5 nitrogen and oxygen atoms in total. The third-order valence-corrected chi connectivity index (χ3v) is 3.72. The average molecular weight is 262 g/mol. The van der Waals surface area contributed by atoms with Crippen molar-refractivity contribution in [2.45, 2.75) is 31.7 Å². The van der Waals surface area contributed by atoms with Crippen molar-refractivity contribution in [1.29, 1.82) is 0 Å². The molecule has 1 atom stereocenters. The number of furan rings is 1. The van der Waals surface area contributed by atoms with E-state index in [1.807, 2.05) is 0 Å². The van der Waals surface area contributed by atoms with Crippen LogP contribution in [0.25, 0.3) is 0 Å². The highest BCUT2D eigenvalue weighted by molar-refractivity contribution is 5.91. The molecule has 2 amide bonds. The van der Waals surface area contributed by atoms with Crippen molar-refractivity contribution in [2.24, 2.45) is 5.92 Å². The van der Waals surface area contributed by atoms with Crippen LogP contribution in [0.4, 0.5) is 0 Å². The fraction of sp³-hybridized carbons (Fsp3) is 0.571. The maximum atomic E-state index is 12.1. The lowest BCUT2D eigenvalue weighted by Gasteiger charge is -2.14. The molecular weight excluding hydrogens is 244 g/mol. The van der Waals surface area contributed by atoms with Gasteiger partial charge in [0, 0.05) is 25.6 Å². The summed E-state index contributed by atoms with van der Waals surface area (Å²) in [5, 5.41) is 2.99. The first kappa shape index (κ1) is 12.3. The van der Waals surface area contributed by atoms with Crippen LogP contribution >= 0.6 is 0 Å². The molecule has 19 heavy (non-hydrogen) atoms. The van der Waals surface area contributed by atoms with Crippen LogP contribution in [-0.2, 0) is 4.79 Å². The Morgan fingerprint density at radius 3 is 2.89 bits per heavy atom. The monoisotopic (exact) mass is 262 g/mol. The number of nitrogens with one attached hydrogen (secondary N) is 1. The fourth-order valence-corrected chi connectivity index (χ4v) is 2.52. The summed E-state index contributed by atoms with van der Waals surface area (Å²) in [4.78, 5) is 25.6. The molecule has 0 radical (unpaired) electrons. The minimum atomic E-state index is -0.0740. The van der Waals surface area contributed by atoms with Crippen LogP contribution in [0.1, 0.15) is 36.2 Å². The quantitative estimate of drug-likeness (QED) is 0.892. The minimum absolute atomic E-state index is 0.0740. The maximum absolute atomic E-state index is 12.1. The second-order valence-electron chi connectivity index (χ2n) is 5.43. The van der Waals surface area contributed by atoms with E-state index in [1.165, 1.54) is 6.26 Å². The van der Waals surface area contributed by atoms with Crippen molar-refractivity contribution in [3.05, 3.63) is 24.2 Å². The van der Waals surface area contributed by atoms with Gasteiger partial charge in [-0.2, -0.15) is 0 Å². The number of amides is 2. The van der Waals surface area contributed by atoms with E-state index >= 15 is 0 Å². The maximum Gasteiger partial charge on any atom is 0.289 e. The molecule has 2 aliphatic rings.